The molecule has 0 saturated heterocycles. The van der Waals surface area contributed by atoms with Gasteiger partial charge in [-0.15, -0.1) is 0 Å². The predicted molar refractivity (Wildman–Crippen MR) is 85.8 cm³/mol. The number of anilines is 2. The van der Waals surface area contributed by atoms with Gasteiger partial charge in [0.1, 0.15) is 0 Å². The van der Waals surface area contributed by atoms with E-state index in [0.717, 1.165) is 25.9 Å². The van der Waals surface area contributed by atoms with E-state index in [1.54, 1.807) is 0 Å². The number of aliphatic hydroxyl groups is 1. The third-order valence-electron chi connectivity index (χ3n) is 4.51. The summed E-state index contributed by atoms with van der Waals surface area (Å²) in [7, 11) is 0. The second kappa shape index (κ2) is 5.08. The molecule has 0 aromatic heterocycles. The smallest absolute Gasteiger partial charge is 0.0756 e. The summed E-state index contributed by atoms with van der Waals surface area (Å²) in [6, 6.07) is 15.0. The fourth-order valence-corrected chi connectivity index (χ4v) is 3.56. The van der Waals surface area contributed by atoms with Crippen LogP contribution < -0.4 is 10.2 Å². The minimum Gasteiger partial charge on any atom is -0.391 e. The zero-order valence-corrected chi connectivity index (χ0v) is 12.0. The average Bonchev–Trinajstić information content (AvgIpc) is 2.96. The number of para-hydroxylation sites is 2. The highest BCUT2D eigenvalue weighted by Gasteiger charge is 2.24. The molecule has 2 aliphatic heterocycles. The molecule has 2 aromatic rings. The number of hydrogen-bond donors (Lipinski definition) is 2. The van der Waals surface area contributed by atoms with E-state index in [4.69, 9.17) is 0 Å². The first-order valence-corrected chi connectivity index (χ1v) is 7.67. The molecule has 2 aliphatic rings. The van der Waals surface area contributed by atoms with Crippen LogP contribution in [0.25, 0.3) is 0 Å². The fraction of sp³-hybridized carbons (Fsp3) is 0.333. The van der Waals surface area contributed by atoms with Gasteiger partial charge in [-0.3, -0.25) is 0 Å². The summed E-state index contributed by atoms with van der Waals surface area (Å²) in [6.45, 7) is 2.59. The quantitative estimate of drug-likeness (QED) is 0.887. The molecule has 0 fully saturated rings. The van der Waals surface area contributed by atoms with E-state index in [2.05, 4.69) is 52.7 Å². The van der Waals surface area contributed by atoms with Crippen molar-refractivity contribution in [1.29, 1.82) is 0 Å². The molecule has 2 N–H and O–H groups in total. The minimum atomic E-state index is -0.274. The van der Waals surface area contributed by atoms with Crippen molar-refractivity contribution in [2.24, 2.45) is 0 Å². The molecule has 0 bridgehead atoms. The van der Waals surface area contributed by atoms with E-state index in [1.807, 2.05) is 0 Å². The number of nitrogens with one attached hydrogen (secondary N) is 1. The van der Waals surface area contributed by atoms with Crippen LogP contribution in [-0.2, 0) is 19.4 Å². The third-order valence-corrected chi connectivity index (χ3v) is 4.51. The highest BCUT2D eigenvalue weighted by molar-refractivity contribution is 5.63. The highest BCUT2D eigenvalue weighted by Crippen LogP contribution is 2.32. The first-order valence-electron chi connectivity index (χ1n) is 7.67. The molecular formula is C18H20N2O. The Balaban J connectivity index is 1.68. The van der Waals surface area contributed by atoms with Crippen LogP contribution in [0.15, 0.2) is 42.5 Å². The molecule has 0 aliphatic carbocycles. The van der Waals surface area contributed by atoms with Crippen molar-refractivity contribution in [3.8, 4) is 0 Å². The second-order valence-electron chi connectivity index (χ2n) is 6.00. The van der Waals surface area contributed by atoms with Crippen LogP contribution in [0.5, 0.6) is 0 Å². The van der Waals surface area contributed by atoms with Gasteiger partial charge in [0.05, 0.1) is 6.10 Å². The molecule has 0 saturated carbocycles. The summed E-state index contributed by atoms with van der Waals surface area (Å²) in [5, 5.41) is 13.6. The van der Waals surface area contributed by atoms with Crippen LogP contribution in [0, 0.1) is 0 Å². The van der Waals surface area contributed by atoms with Crippen molar-refractivity contribution in [2.45, 2.75) is 25.5 Å². The minimum absolute atomic E-state index is 0.274. The number of β-amino-alcohol motifs (C(OH)–C–C–N with tert-alkyl or cyclic N) is 1. The Bertz CT molecular complexity index is 668. The van der Waals surface area contributed by atoms with E-state index < -0.39 is 0 Å². The molecule has 0 amide bonds. The lowest BCUT2D eigenvalue weighted by Gasteiger charge is -2.34. The number of fused-ring (bicyclic) bond motifs is 2. The average molecular weight is 280 g/mol. The van der Waals surface area contributed by atoms with Crippen LogP contribution in [0.4, 0.5) is 11.4 Å². The Kier molecular flexibility index (Phi) is 3.08. The van der Waals surface area contributed by atoms with Gasteiger partial charge in [0.15, 0.2) is 0 Å². The Labute approximate surface area is 125 Å². The maximum Gasteiger partial charge on any atom is 0.0756 e. The molecule has 1 unspecified atom stereocenters. The van der Waals surface area contributed by atoms with Crippen LogP contribution >= 0.6 is 0 Å². The van der Waals surface area contributed by atoms with E-state index in [9.17, 15) is 5.11 Å². The predicted octanol–water partition coefficient (Wildman–Crippen LogP) is 2.58. The number of rotatable bonds is 2. The lowest BCUT2D eigenvalue weighted by molar-refractivity contribution is 0.174. The maximum atomic E-state index is 10.1. The lowest BCUT2D eigenvalue weighted by atomic mass is 9.98. The summed E-state index contributed by atoms with van der Waals surface area (Å²) in [4.78, 5) is 2.30. The molecule has 2 aromatic carbocycles. The molecule has 21 heavy (non-hydrogen) atoms. The summed E-state index contributed by atoms with van der Waals surface area (Å²) >= 11 is 0. The number of aliphatic hydroxyl groups excluding tert-OH is 1. The summed E-state index contributed by atoms with van der Waals surface area (Å²) < 4.78 is 0. The number of hydrogen-bond acceptors (Lipinski definition) is 3. The first kappa shape index (κ1) is 12.7. The summed E-state index contributed by atoms with van der Waals surface area (Å²) in [5.74, 6) is 0. The van der Waals surface area contributed by atoms with Gasteiger partial charge in [0.25, 0.3) is 0 Å². The zero-order valence-electron chi connectivity index (χ0n) is 12.0. The van der Waals surface area contributed by atoms with Gasteiger partial charge in [-0.25, -0.2) is 0 Å². The van der Waals surface area contributed by atoms with Crippen molar-refractivity contribution in [2.75, 3.05) is 23.3 Å². The highest BCUT2D eigenvalue weighted by atomic mass is 16.3. The Morgan fingerprint density at radius 2 is 1.95 bits per heavy atom. The molecular weight excluding hydrogens is 260 g/mol. The molecule has 3 nitrogen and oxygen atoms in total. The Morgan fingerprint density at radius 1 is 1.10 bits per heavy atom. The first-order chi connectivity index (χ1) is 10.3. The largest absolute Gasteiger partial charge is 0.391 e. The zero-order chi connectivity index (χ0) is 14.2. The van der Waals surface area contributed by atoms with Crippen molar-refractivity contribution in [1.82, 2.24) is 0 Å². The van der Waals surface area contributed by atoms with E-state index in [1.165, 1.54) is 28.1 Å². The standard InChI is InChI=1S/C18H20N2O/c21-16-10-14-4-1-2-7-17(14)20(12-16)11-15-6-3-5-13-8-9-19-18(13)15/h1-7,16,19,21H,8-12H2. The lowest BCUT2D eigenvalue weighted by Crippen LogP contribution is -2.38. The van der Waals surface area contributed by atoms with Gasteiger partial charge in [-0.1, -0.05) is 36.4 Å². The summed E-state index contributed by atoms with van der Waals surface area (Å²) in [6.07, 6.45) is 1.60. The van der Waals surface area contributed by atoms with E-state index >= 15 is 0 Å². The van der Waals surface area contributed by atoms with Crippen molar-refractivity contribution < 1.29 is 5.11 Å². The van der Waals surface area contributed by atoms with Gasteiger partial charge < -0.3 is 15.3 Å². The van der Waals surface area contributed by atoms with E-state index in [0.29, 0.717) is 6.54 Å². The molecule has 2 heterocycles. The molecule has 1 atom stereocenters. The Morgan fingerprint density at radius 3 is 2.90 bits per heavy atom. The fourth-order valence-electron chi connectivity index (χ4n) is 3.56. The Hall–Kier alpha value is -2.00. The molecule has 0 spiro atoms. The molecule has 0 radical (unpaired) electrons. The maximum absolute atomic E-state index is 10.1. The van der Waals surface area contributed by atoms with Gasteiger partial charge in [0.2, 0.25) is 0 Å². The number of nitrogens with zero attached hydrogens (tertiary/aromatic N) is 1. The molecule has 3 heteroatoms. The number of benzene rings is 2. The van der Waals surface area contributed by atoms with Gasteiger partial charge in [0, 0.05) is 37.4 Å². The van der Waals surface area contributed by atoms with E-state index in [-0.39, 0.29) is 6.10 Å². The van der Waals surface area contributed by atoms with Crippen molar-refractivity contribution >= 4 is 11.4 Å². The summed E-state index contributed by atoms with van der Waals surface area (Å²) in [5.41, 5.74) is 6.55. The van der Waals surface area contributed by atoms with Crippen LogP contribution in [0.1, 0.15) is 16.7 Å². The second-order valence-corrected chi connectivity index (χ2v) is 6.00. The third kappa shape index (κ3) is 2.28. The topological polar surface area (TPSA) is 35.5 Å². The SMILES string of the molecule is OC1Cc2ccccc2N(Cc2cccc3c2NCC3)C1. The van der Waals surface area contributed by atoms with Gasteiger partial charge in [-0.2, -0.15) is 0 Å². The van der Waals surface area contributed by atoms with Gasteiger partial charge >= 0.3 is 0 Å². The van der Waals surface area contributed by atoms with Crippen molar-refractivity contribution in [3.63, 3.8) is 0 Å². The van der Waals surface area contributed by atoms with Crippen LogP contribution in [-0.4, -0.2) is 24.3 Å². The van der Waals surface area contributed by atoms with Crippen LogP contribution in [0.3, 0.4) is 0 Å². The monoisotopic (exact) mass is 280 g/mol. The van der Waals surface area contributed by atoms with Gasteiger partial charge in [-0.05, 0) is 29.2 Å². The van der Waals surface area contributed by atoms with Crippen molar-refractivity contribution in [3.05, 3.63) is 59.2 Å². The molecule has 108 valence electrons. The normalized spacial score (nSPS) is 19.9. The molecule has 4 rings (SSSR count). The van der Waals surface area contributed by atoms with Crippen LogP contribution in [0.2, 0.25) is 0 Å².